The second-order valence-electron chi connectivity index (χ2n) is 21.4. The van der Waals surface area contributed by atoms with Gasteiger partial charge in [0.1, 0.15) is 12.2 Å². The number of hydrogen-bond acceptors (Lipinski definition) is 5. The minimum atomic E-state index is -1.29. The number of aliphatic hydroxyl groups is 4. The van der Waals surface area contributed by atoms with Crippen LogP contribution in [-0.4, -0.2) is 57.3 Å². The number of amides is 1. The van der Waals surface area contributed by atoms with Crippen molar-refractivity contribution in [2.24, 2.45) is 0 Å². The third kappa shape index (κ3) is 51.2. The number of nitrogens with one attached hydrogen (secondary N) is 1. The molecule has 0 aliphatic rings. The Hall–Kier alpha value is -1.47. The van der Waals surface area contributed by atoms with Gasteiger partial charge in [-0.15, -0.1) is 0 Å². The number of carbonyl (C=O) groups excluding carboxylic acids is 1. The number of allylic oxidation sites excluding steroid dienone is 6. The highest BCUT2D eigenvalue weighted by Crippen LogP contribution is 2.18. The van der Waals surface area contributed by atoms with Crippen LogP contribution in [0.1, 0.15) is 328 Å². The molecule has 4 unspecified atom stereocenters. The Morgan fingerprint density at radius 1 is 0.348 bits per heavy atom. The molecular weight excluding hydrogens is 851 g/mol. The maximum absolute atomic E-state index is 12.6. The quantitative estimate of drug-likeness (QED) is 0.0308. The van der Waals surface area contributed by atoms with E-state index in [4.69, 9.17) is 0 Å². The van der Waals surface area contributed by atoms with Crippen molar-refractivity contribution in [3.05, 3.63) is 36.5 Å². The van der Waals surface area contributed by atoms with Crippen LogP contribution in [0.2, 0.25) is 0 Å². The lowest BCUT2D eigenvalue weighted by atomic mass is 10.00. The van der Waals surface area contributed by atoms with E-state index < -0.39 is 36.9 Å². The summed E-state index contributed by atoms with van der Waals surface area (Å²) >= 11 is 0. The summed E-state index contributed by atoms with van der Waals surface area (Å²) in [6, 6.07) is -1.01. The lowest BCUT2D eigenvalue weighted by molar-refractivity contribution is -0.132. The fourth-order valence-corrected chi connectivity index (χ4v) is 9.71. The van der Waals surface area contributed by atoms with Gasteiger partial charge in [0.25, 0.3) is 0 Å². The number of rotatable bonds is 57. The lowest BCUT2D eigenvalue weighted by Gasteiger charge is -2.27. The first-order valence-corrected chi connectivity index (χ1v) is 30.9. The second-order valence-corrected chi connectivity index (χ2v) is 21.4. The molecule has 0 aliphatic heterocycles. The minimum Gasteiger partial charge on any atom is -0.394 e. The van der Waals surface area contributed by atoms with Crippen LogP contribution in [0, 0.1) is 0 Å². The van der Waals surface area contributed by atoms with Gasteiger partial charge in [-0.25, -0.2) is 0 Å². The molecule has 4 atom stereocenters. The molecule has 0 saturated heterocycles. The maximum Gasteiger partial charge on any atom is 0.249 e. The minimum absolute atomic E-state index is 0.361. The van der Waals surface area contributed by atoms with E-state index in [2.05, 4.69) is 55.6 Å². The van der Waals surface area contributed by atoms with E-state index in [0.717, 1.165) is 38.5 Å². The summed E-state index contributed by atoms with van der Waals surface area (Å²) in [5, 5.41) is 44.0. The molecule has 0 aliphatic carbocycles. The number of aliphatic hydroxyl groups excluding tert-OH is 4. The standard InChI is InChI=1S/C63H121NO5/c1-3-5-7-9-11-13-15-17-19-21-23-25-27-29-30-31-32-33-35-37-39-41-43-45-47-49-51-53-55-57-61(67)63(69)64-59(58-65)62(68)60(66)56-54-52-50-48-46-44-42-40-38-36-34-28-26-24-22-20-18-16-14-12-10-8-6-4-2/h29-30,40,42,48,50,59-62,65-68H,3-28,31-39,41,43-47,49,51-58H2,1-2H3,(H,64,69)/b30-29-,42-40+,50-48+. The Labute approximate surface area is 430 Å². The monoisotopic (exact) mass is 972 g/mol. The van der Waals surface area contributed by atoms with Crippen LogP contribution >= 0.6 is 0 Å². The van der Waals surface area contributed by atoms with E-state index in [-0.39, 0.29) is 0 Å². The van der Waals surface area contributed by atoms with Gasteiger partial charge >= 0.3 is 0 Å². The van der Waals surface area contributed by atoms with Crippen molar-refractivity contribution in [1.29, 1.82) is 0 Å². The molecule has 0 saturated carbocycles. The first-order chi connectivity index (χ1) is 34.0. The Kier molecular flexibility index (Phi) is 56.2. The number of carbonyl (C=O) groups is 1. The molecular formula is C63H121NO5. The van der Waals surface area contributed by atoms with E-state index in [9.17, 15) is 25.2 Å². The molecule has 0 radical (unpaired) electrons. The second kappa shape index (κ2) is 57.4. The molecule has 0 spiro atoms. The van der Waals surface area contributed by atoms with Gasteiger partial charge in [0.05, 0.1) is 18.8 Å². The average Bonchev–Trinajstić information content (AvgIpc) is 3.35. The number of unbranched alkanes of at least 4 members (excludes halogenated alkanes) is 42. The van der Waals surface area contributed by atoms with Crippen molar-refractivity contribution in [3.63, 3.8) is 0 Å². The van der Waals surface area contributed by atoms with Crippen LogP contribution < -0.4 is 5.32 Å². The zero-order valence-electron chi connectivity index (χ0n) is 46.3. The molecule has 5 N–H and O–H groups in total. The van der Waals surface area contributed by atoms with Crippen LogP contribution in [-0.2, 0) is 4.79 Å². The topological polar surface area (TPSA) is 110 Å². The van der Waals surface area contributed by atoms with E-state index >= 15 is 0 Å². The highest BCUT2D eigenvalue weighted by molar-refractivity contribution is 5.80. The summed E-state index contributed by atoms with van der Waals surface area (Å²) in [5.41, 5.74) is 0. The summed E-state index contributed by atoms with van der Waals surface area (Å²) in [4.78, 5) is 12.6. The maximum atomic E-state index is 12.6. The fourth-order valence-electron chi connectivity index (χ4n) is 9.71. The van der Waals surface area contributed by atoms with Crippen LogP contribution in [0.3, 0.4) is 0 Å². The Morgan fingerprint density at radius 3 is 0.913 bits per heavy atom. The fraction of sp³-hybridized carbons (Fsp3) is 0.889. The molecule has 0 aromatic heterocycles. The van der Waals surface area contributed by atoms with Gasteiger partial charge in [-0.3, -0.25) is 4.79 Å². The Morgan fingerprint density at radius 2 is 0.609 bits per heavy atom. The van der Waals surface area contributed by atoms with Crippen LogP contribution in [0.25, 0.3) is 0 Å². The zero-order chi connectivity index (χ0) is 50.2. The summed E-state index contributed by atoms with van der Waals surface area (Å²) < 4.78 is 0. The molecule has 0 bridgehead atoms. The third-order valence-electron chi connectivity index (χ3n) is 14.6. The Balaban J connectivity index is 3.64. The van der Waals surface area contributed by atoms with Gasteiger partial charge in [-0.1, -0.05) is 288 Å². The predicted octanol–water partition coefficient (Wildman–Crippen LogP) is 18.4. The van der Waals surface area contributed by atoms with Crippen LogP contribution in [0.5, 0.6) is 0 Å². The molecule has 408 valence electrons. The van der Waals surface area contributed by atoms with Gasteiger partial charge in [0.2, 0.25) is 5.91 Å². The lowest BCUT2D eigenvalue weighted by Crippen LogP contribution is -2.53. The van der Waals surface area contributed by atoms with Crippen molar-refractivity contribution in [2.75, 3.05) is 6.61 Å². The zero-order valence-corrected chi connectivity index (χ0v) is 46.3. The summed E-state index contributed by atoms with van der Waals surface area (Å²) in [6.07, 6.45) is 72.4. The van der Waals surface area contributed by atoms with E-state index in [1.54, 1.807) is 0 Å². The Bertz CT molecular complexity index is 1090. The molecule has 0 aromatic carbocycles. The van der Waals surface area contributed by atoms with Gasteiger partial charge in [0.15, 0.2) is 0 Å². The van der Waals surface area contributed by atoms with E-state index in [0.29, 0.717) is 19.3 Å². The molecule has 0 fully saturated rings. The highest BCUT2D eigenvalue weighted by Gasteiger charge is 2.28. The van der Waals surface area contributed by atoms with Crippen molar-refractivity contribution in [3.8, 4) is 0 Å². The summed E-state index contributed by atoms with van der Waals surface area (Å²) in [6.45, 7) is 4.08. The average molecular weight is 973 g/mol. The highest BCUT2D eigenvalue weighted by atomic mass is 16.3. The van der Waals surface area contributed by atoms with Gasteiger partial charge < -0.3 is 25.7 Å². The molecule has 6 heteroatoms. The van der Waals surface area contributed by atoms with Gasteiger partial charge in [0, 0.05) is 0 Å². The van der Waals surface area contributed by atoms with E-state index in [1.165, 1.54) is 257 Å². The predicted molar refractivity (Wildman–Crippen MR) is 302 cm³/mol. The molecule has 6 nitrogen and oxygen atoms in total. The summed E-state index contributed by atoms with van der Waals surface area (Å²) in [7, 11) is 0. The molecule has 0 rings (SSSR count). The van der Waals surface area contributed by atoms with Gasteiger partial charge in [-0.05, 0) is 77.0 Å². The van der Waals surface area contributed by atoms with Crippen molar-refractivity contribution in [1.82, 2.24) is 5.32 Å². The smallest absolute Gasteiger partial charge is 0.249 e. The SMILES string of the molecule is CCCCCCCCCCCCCC/C=C\CCCCCCCCCCCCCCCC(O)C(=O)NC(CO)C(O)C(O)CCC/C=C/CC/C=C/CCCCCCCCCCCCCCCCC. The van der Waals surface area contributed by atoms with E-state index in [1.807, 2.05) is 0 Å². The molecule has 0 aromatic rings. The first kappa shape index (κ1) is 67.5. The largest absolute Gasteiger partial charge is 0.394 e. The van der Waals surface area contributed by atoms with Crippen LogP contribution in [0.15, 0.2) is 36.5 Å². The first-order valence-electron chi connectivity index (χ1n) is 30.9. The normalized spacial score (nSPS) is 13.9. The van der Waals surface area contributed by atoms with Crippen LogP contribution in [0.4, 0.5) is 0 Å². The molecule has 0 heterocycles. The number of hydrogen-bond donors (Lipinski definition) is 5. The van der Waals surface area contributed by atoms with Gasteiger partial charge in [-0.2, -0.15) is 0 Å². The third-order valence-corrected chi connectivity index (χ3v) is 14.6. The molecule has 1 amide bonds. The van der Waals surface area contributed by atoms with Crippen molar-refractivity contribution < 1.29 is 25.2 Å². The molecule has 69 heavy (non-hydrogen) atoms. The van der Waals surface area contributed by atoms with Crippen molar-refractivity contribution >= 4 is 5.91 Å². The summed E-state index contributed by atoms with van der Waals surface area (Å²) in [5.74, 6) is -0.593. The van der Waals surface area contributed by atoms with Crippen molar-refractivity contribution in [2.45, 2.75) is 353 Å².